The Labute approximate surface area is 159 Å². The lowest BCUT2D eigenvalue weighted by atomic mass is 10.3. The van der Waals surface area contributed by atoms with Gasteiger partial charge < -0.3 is 15.5 Å². The third kappa shape index (κ3) is 7.84. The number of amides is 3. The summed E-state index contributed by atoms with van der Waals surface area (Å²) in [5.74, 6) is -0.707. The summed E-state index contributed by atoms with van der Waals surface area (Å²) >= 11 is 6.00. The molecule has 0 saturated heterocycles. The lowest BCUT2D eigenvalue weighted by molar-refractivity contribution is -0.135. The Morgan fingerprint density at radius 3 is 2.31 bits per heavy atom. The minimum Gasteiger partial charge on any atom is -0.353 e. The Kier molecular flexibility index (Phi) is 9.09. The van der Waals surface area contributed by atoms with Crippen molar-refractivity contribution in [3.8, 4) is 0 Å². The molecule has 0 aromatic heterocycles. The summed E-state index contributed by atoms with van der Waals surface area (Å²) < 4.78 is 0. The molecule has 0 saturated carbocycles. The van der Waals surface area contributed by atoms with Gasteiger partial charge in [-0.3, -0.25) is 19.3 Å². The third-order valence-electron chi connectivity index (χ3n) is 3.58. The molecule has 0 aliphatic rings. The first-order chi connectivity index (χ1) is 12.2. The molecule has 3 amide bonds. The van der Waals surface area contributed by atoms with Crippen molar-refractivity contribution in [1.82, 2.24) is 15.1 Å². The van der Waals surface area contributed by atoms with Crippen molar-refractivity contribution in [2.24, 2.45) is 0 Å². The van der Waals surface area contributed by atoms with Crippen LogP contribution < -0.4 is 10.6 Å². The molecule has 0 spiro atoms. The van der Waals surface area contributed by atoms with Crippen LogP contribution >= 0.6 is 11.6 Å². The van der Waals surface area contributed by atoms with Crippen LogP contribution in [0, 0.1) is 0 Å². The Bertz CT molecular complexity index is 637. The minimum absolute atomic E-state index is 0.0492. The Balaban J connectivity index is 2.51. The van der Waals surface area contributed by atoms with Crippen LogP contribution in [-0.4, -0.2) is 66.8 Å². The van der Waals surface area contributed by atoms with Crippen LogP contribution in [0.25, 0.3) is 0 Å². The highest BCUT2D eigenvalue weighted by atomic mass is 35.5. The van der Waals surface area contributed by atoms with E-state index in [9.17, 15) is 14.4 Å². The van der Waals surface area contributed by atoms with E-state index in [4.69, 9.17) is 11.6 Å². The Hall–Kier alpha value is -2.12. The van der Waals surface area contributed by atoms with Gasteiger partial charge in [-0.25, -0.2) is 0 Å². The molecule has 1 aromatic carbocycles. The molecule has 8 heteroatoms. The fourth-order valence-corrected chi connectivity index (χ4v) is 2.40. The molecule has 144 valence electrons. The summed E-state index contributed by atoms with van der Waals surface area (Å²) in [4.78, 5) is 39.3. The van der Waals surface area contributed by atoms with Crippen LogP contribution in [-0.2, 0) is 14.4 Å². The molecule has 0 bridgehead atoms. The summed E-state index contributed by atoms with van der Waals surface area (Å²) in [6, 6.07) is 6.94. The molecule has 1 rings (SSSR count). The molecule has 0 aliphatic carbocycles. The predicted octanol–water partition coefficient (Wildman–Crippen LogP) is 1.58. The zero-order chi connectivity index (χ0) is 19.7. The topological polar surface area (TPSA) is 81.8 Å². The van der Waals surface area contributed by atoms with E-state index in [-0.39, 0.29) is 43.4 Å². The van der Waals surface area contributed by atoms with E-state index >= 15 is 0 Å². The molecule has 0 unspecified atom stereocenters. The number of benzene rings is 1. The number of likely N-dealkylation sites (N-methyl/N-ethyl adjacent to an activating group) is 2. The summed E-state index contributed by atoms with van der Waals surface area (Å²) in [5, 5.41) is 5.90. The van der Waals surface area contributed by atoms with Gasteiger partial charge in [0.25, 0.3) is 0 Å². The first kappa shape index (κ1) is 21.9. The van der Waals surface area contributed by atoms with Crippen LogP contribution in [0.2, 0.25) is 5.02 Å². The van der Waals surface area contributed by atoms with Crippen LogP contribution in [0.4, 0.5) is 5.69 Å². The molecular formula is C18H27ClN4O3. The van der Waals surface area contributed by atoms with Gasteiger partial charge in [0.1, 0.15) is 0 Å². The summed E-state index contributed by atoms with van der Waals surface area (Å²) in [6.07, 6.45) is 0. The maximum atomic E-state index is 12.3. The smallest absolute Gasteiger partial charge is 0.244 e. The van der Waals surface area contributed by atoms with Crippen LogP contribution in [0.15, 0.2) is 24.3 Å². The number of anilines is 1. The normalized spacial score (nSPS) is 10.7. The van der Waals surface area contributed by atoms with Crippen molar-refractivity contribution >= 4 is 35.0 Å². The van der Waals surface area contributed by atoms with Gasteiger partial charge in [0.05, 0.1) is 30.3 Å². The summed E-state index contributed by atoms with van der Waals surface area (Å²) in [7, 11) is 1.55. The van der Waals surface area contributed by atoms with E-state index in [2.05, 4.69) is 10.6 Å². The number of carbonyl (C=O) groups is 3. The molecule has 26 heavy (non-hydrogen) atoms. The predicted molar refractivity (Wildman–Crippen MR) is 103 cm³/mol. The SMILES string of the molecule is CCN(CC(=O)NC(C)C)CC(=O)N(C)CC(=O)Nc1ccccc1Cl. The Morgan fingerprint density at radius 1 is 1.08 bits per heavy atom. The maximum absolute atomic E-state index is 12.3. The van der Waals surface area contributed by atoms with Gasteiger partial charge in [-0.15, -0.1) is 0 Å². The van der Waals surface area contributed by atoms with Gasteiger partial charge in [-0.2, -0.15) is 0 Å². The van der Waals surface area contributed by atoms with Crippen molar-refractivity contribution in [3.63, 3.8) is 0 Å². The summed E-state index contributed by atoms with van der Waals surface area (Å²) in [5.41, 5.74) is 0.501. The van der Waals surface area contributed by atoms with Gasteiger partial charge in [0.2, 0.25) is 17.7 Å². The van der Waals surface area contributed by atoms with Crippen molar-refractivity contribution < 1.29 is 14.4 Å². The van der Waals surface area contributed by atoms with Gasteiger partial charge >= 0.3 is 0 Å². The number of hydrogen-bond donors (Lipinski definition) is 2. The second-order valence-electron chi connectivity index (χ2n) is 6.30. The number of para-hydroxylation sites is 1. The minimum atomic E-state index is -0.338. The van der Waals surface area contributed by atoms with E-state index in [0.29, 0.717) is 17.3 Å². The fraction of sp³-hybridized carbons (Fsp3) is 0.500. The number of halogens is 1. The molecule has 1 aromatic rings. The molecule has 7 nitrogen and oxygen atoms in total. The number of hydrogen-bond acceptors (Lipinski definition) is 4. The fourth-order valence-electron chi connectivity index (χ4n) is 2.22. The van der Waals surface area contributed by atoms with Gasteiger partial charge in [0.15, 0.2) is 0 Å². The van der Waals surface area contributed by atoms with Crippen LogP contribution in [0.5, 0.6) is 0 Å². The molecule has 0 aliphatic heterocycles. The maximum Gasteiger partial charge on any atom is 0.244 e. The number of nitrogens with zero attached hydrogens (tertiary/aromatic N) is 2. The highest BCUT2D eigenvalue weighted by Crippen LogP contribution is 2.20. The highest BCUT2D eigenvalue weighted by Gasteiger charge is 2.18. The lowest BCUT2D eigenvalue weighted by Crippen LogP contribution is -2.45. The molecule has 0 fully saturated rings. The second-order valence-corrected chi connectivity index (χ2v) is 6.71. The number of carbonyl (C=O) groups excluding carboxylic acids is 3. The van der Waals surface area contributed by atoms with Crippen LogP contribution in [0.1, 0.15) is 20.8 Å². The van der Waals surface area contributed by atoms with Crippen molar-refractivity contribution in [2.45, 2.75) is 26.8 Å². The molecule has 0 atom stereocenters. The van der Waals surface area contributed by atoms with Crippen molar-refractivity contribution in [1.29, 1.82) is 0 Å². The van der Waals surface area contributed by atoms with E-state index in [1.807, 2.05) is 20.8 Å². The summed E-state index contributed by atoms with van der Waals surface area (Å²) in [6.45, 7) is 6.30. The second kappa shape index (κ2) is 10.8. The largest absolute Gasteiger partial charge is 0.353 e. The first-order valence-corrected chi connectivity index (χ1v) is 8.90. The van der Waals surface area contributed by atoms with E-state index in [0.717, 1.165) is 0 Å². The van der Waals surface area contributed by atoms with E-state index < -0.39 is 0 Å². The molecule has 2 N–H and O–H groups in total. The van der Waals surface area contributed by atoms with Crippen molar-refractivity contribution in [3.05, 3.63) is 29.3 Å². The number of nitrogens with one attached hydrogen (secondary N) is 2. The third-order valence-corrected chi connectivity index (χ3v) is 3.91. The average molecular weight is 383 g/mol. The quantitative estimate of drug-likeness (QED) is 0.679. The first-order valence-electron chi connectivity index (χ1n) is 8.53. The highest BCUT2D eigenvalue weighted by molar-refractivity contribution is 6.33. The van der Waals surface area contributed by atoms with E-state index in [1.54, 1.807) is 36.2 Å². The zero-order valence-corrected chi connectivity index (χ0v) is 16.5. The van der Waals surface area contributed by atoms with E-state index in [1.165, 1.54) is 4.90 Å². The Morgan fingerprint density at radius 2 is 1.73 bits per heavy atom. The molecular weight excluding hydrogens is 356 g/mol. The van der Waals surface area contributed by atoms with Crippen LogP contribution in [0.3, 0.4) is 0 Å². The molecule has 0 radical (unpaired) electrons. The lowest BCUT2D eigenvalue weighted by Gasteiger charge is -2.23. The number of rotatable bonds is 9. The molecule has 0 heterocycles. The van der Waals surface area contributed by atoms with Gasteiger partial charge in [0, 0.05) is 13.1 Å². The van der Waals surface area contributed by atoms with Gasteiger partial charge in [-0.05, 0) is 32.5 Å². The zero-order valence-electron chi connectivity index (χ0n) is 15.7. The standard InChI is InChI=1S/C18H27ClN4O3/c1-5-23(11-17(25)20-13(2)3)12-18(26)22(4)10-16(24)21-15-9-7-6-8-14(15)19/h6-9,13H,5,10-12H2,1-4H3,(H,20,25)(H,21,24). The van der Waals surface area contributed by atoms with Crippen molar-refractivity contribution in [2.75, 3.05) is 38.5 Å². The van der Waals surface area contributed by atoms with Gasteiger partial charge in [-0.1, -0.05) is 30.7 Å². The average Bonchev–Trinajstić information content (AvgIpc) is 2.55. The monoisotopic (exact) mass is 382 g/mol.